The topological polar surface area (TPSA) is 34.0 Å². The van der Waals surface area contributed by atoms with E-state index in [2.05, 4.69) is 34.2 Å². The van der Waals surface area contributed by atoms with Crippen LogP contribution in [0.5, 0.6) is 0 Å². The summed E-state index contributed by atoms with van der Waals surface area (Å²) >= 11 is 0. The lowest BCUT2D eigenvalue weighted by Gasteiger charge is -2.33. The van der Waals surface area contributed by atoms with E-state index in [1.807, 2.05) is 30.2 Å². The Morgan fingerprint density at radius 2 is 2.26 bits per heavy atom. The normalized spacial score (nSPS) is 19.7. The van der Waals surface area contributed by atoms with Crippen molar-refractivity contribution in [3.8, 4) is 0 Å². The molecule has 1 aliphatic heterocycles. The molecule has 1 unspecified atom stereocenters. The van der Waals surface area contributed by atoms with Gasteiger partial charge >= 0.3 is 0 Å². The number of nitrogens with zero attached hydrogens (tertiary/aromatic N) is 4. The Morgan fingerprint density at radius 3 is 3.00 bits per heavy atom. The number of aryl methyl sites for hydroxylation is 2. The van der Waals surface area contributed by atoms with Crippen LogP contribution in [-0.4, -0.2) is 27.9 Å². The van der Waals surface area contributed by atoms with Crippen molar-refractivity contribution >= 4 is 5.82 Å². The minimum absolute atomic E-state index is 0.574. The Kier molecular flexibility index (Phi) is 3.23. The van der Waals surface area contributed by atoms with Gasteiger partial charge in [-0.3, -0.25) is 4.68 Å². The summed E-state index contributed by atoms with van der Waals surface area (Å²) in [7, 11) is 1.98. The van der Waals surface area contributed by atoms with E-state index in [1.54, 1.807) is 0 Å². The predicted molar refractivity (Wildman–Crippen MR) is 76.4 cm³/mol. The highest BCUT2D eigenvalue weighted by molar-refractivity contribution is 5.42. The lowest BCUT2D eigenvalue weighted by molar-refractivity contribution is 0.507. The molecule has 0 spiro atoms. The molecule has 1 saturated heterocycles. The first-order chi connectivity index (χ1) is 9.22. The van der Waals surface area contributed by atoms with Gasteiger partial charge in [0, 0.05) is 38.4 Å². The van der Waals surface area contributed by atoms with Crippen molar-refractivity contribution in [2.24, 2.45) is 7.05 Å². The molecule has 0 amide bonds. The first kappa shape index (κ1) is 12.2. The van der Waals surface area contributed by atoms with E-state index in [-0.39, 0.29) is 0 Å². The number of hydrogen-bond donors (Lipinski definition) is 0. The van der Waals surface area contributed by atoms with Gasteiger partial charge in [0.1, 0.15) is 5.82 Å². The van der Waals surface area contributed by atoms with Crippen molar-refractivity contribution in [2.45, 2.75) is 25.7 Å². The van der Waals surface area contributed by atoms with Crippen molar-refractivity contribution in [3.63, 3.8) is 0 Å². The van der Waals surface area contributed by atoms with Crippen molar-refractivity contribution in [3.05, 3.63) is 41.9 Å². The van der Waals surface area contributed by atoms with E-state index >= 15 is 0 Å². The summed E-state index contributed by atoms with van der Waals surface area (Å²) < 4.78 is 1.89. The van der Waals surface area contributed by atoms with E-state index in [0.717, 1.165) is 18.9 Å². The molecule has 1 atom stereocenters. The maximum atomic E-state index is 4.50. The van der Waals surface area contributed by atoms with Crippen LogP contribution in [0.1, 0.15) is 29.9 Å². The second-order valence-electron chi connectivity index (χ2n) is 5.42. The third-order valence-electron chi connectivity index (χ3n) is 3.84. The zero-order chi connectivity index (χ0) is 13.2. The van der Waals surface area contributed by atoms with Crippen LogP contribution in [0, 0.1) is 6.92 Å². The number of rotatable bonds is 2. The fourth-order valence-corrected chi connectivity index (χ4v) is 2.80. The van der Waals surface area contributed by atoms with Crippen LogP contribution in [0.3, 0.4) is 0 Å². The maximum Gasteiger partial charge on any atom is 0.128 e. The standard InChI is InChI=1S/C15H20N4/c1-12-5-6-16-15(8-12)19-7-3-4-13(11-19)14-9-17-18(2)10-14/h5-6,8-10,13H,3-4,7,11H2,1-2H3. The molecule has 4 nitrogen and oxygen atoms in total. The number of hydrogen-bond acceptors (Lipinski definition) is 3. The number of aromatic nitrogens is 3. The highest BCUT2D eigenvalue weighted by Gasteiger charge is 2.23. The molecule has 1 fully saturated rings. The van der Waals surface area contributed by atoms with Crippen LogP contribution in [0.15, 0.2) is 30.7 Å². The second kappa shape index (κ2) is 5.03. The zero-order valence-corrected chi connectivity index (χ0v) is 11.6. The molecule has 100 valence electrons. The SMILES string of the molecule is Cc1ccnc(N2CCCC(c3cnn(C)c3)C2)c1. The summed E-state index contributed by atoms with van der Waals surface area (Å²) in [6.07, 6.45) is 8.50. The lowest BCUT2D eigenvalue weighted by atomic mass is 9.93. The third kappa shape index (κ3) is 2.62. The van der Waals surface area contributed by atoms with Crippen LogP contribution in [0.2, 0.25) is 0 Å². The predicted octanol–water partition coefficient (Wildman–Crippen LogP) is 2.51. The average molecular weight is 256 g/mol. The Morgan fingerprint density at radius 1 is 1.37 bits per heavy atom. The van der Waals surface area contributed by atoms with E-state index in [0.29, 0.717) is 5.92 Å². The van der Waals surface area contributed by atoms with Crippen LogP contribution < -0.4 is 4.90 Å². The molecular weight excluding hydrogens is 236 g/mol. The van der Waals surface area contributed by atoms with Crippen molar-refractivity contribution < 1.29 is 0 Å². The summed E-state index contributed by atoms with van der Waals surface area (Å²) in [6, 6.07) is 4.22. The van der Waals surface area contributed by atoms with E-state index < -0.39 is 0 Å². The van der Waals surface area contributed by atoms with E-state index in [1.165, 1.54) is 24.0 Å². The first-order valence-corrected chi connectivity index (χ1v) is 6.88. The van der Waals surface area contributed by atoms with Gasteiger partial charge in [0.2, 0.25) is 0 Å². The first-order valence-electron chi connectivity index (χ1n) is 6.88. The van der Waals surface area contributed by atoms with Crippen molar-refractivity contribution in [2.75, 3.05) is 18.0 Å². The second-order valence-corrected chi connectivity index (χ2v) is 5.42. The Balaban J connectivity index is 1.78. The fourth-order valence-electron chi connectivity index (χ4n) is 2.80. The molecule has 2 aromatic rings. The molecule has 0 aliphatic carbocycles. The Bertz CT molecular complexity index is 561. The van der Waals surface area contributed by atoms with Gasteiger partial charge in [-0.2, -0.15) is 5.10 Å². The maximum absolute atomic E-state index is 4.50. The molecule has 4 heteroatoms. The Labute approximate surface area is 114 Å². The smallest absolute Gasteiger partial charge is 0.128 e. The van der Waals surface area contributed by atoms with Crippen LogP contribution in [0.25, 0.3) is 0 Å². The number of anilines is 1. The van der Waals surface area contributed by atoms with Gasteiger partial charge in [0.25, 0.3) is 0 Å². The number of pyridine rings is 1. The largest absolute Gasteiger partial charge is 0.356 e. The van der Waals surface area contributed by atoms with Crippen LogP contribution in [0.4, 0.5) is 5.82 Å². The molecule has 3 rings (SSSR count). The highest BCUT2D eigenvalue weighted by atomic mass is 15.2. The minimum atomic E-state index is 0.574. The quantitative estimate of drug-likeness (QED) is 0.828. The van der Waals surface area contributed by atoms with Crippen molar-refractivity contribution in [1.29, 1.82) is 0 Å². The number of piperidine rings is 1. The summed E-state index contributed by atoms with van der Waals surface area (Å²) in [4.78, 5) is 6.90. The molecule has 1 aliphatic rings. The van der Waals surface area contributed by atoms with Gasteiger partial charge in [-0.1, -0.05) is 0 Å². The average Bonchev–Trinajstić information content (AvgIpc) is 2.86. The van der Waals surface area contributed by atoms with Crippen molar-refractivity contribution in [1.82, 2.24) is 14.8 Å². The third-order valence-corrected chi connectivity index (χ3v) is 3.84. The van der Waals surface area contributed by atoms with Gasteiger partial charge in [0.15, 0.2) is 0 Å². The highest BCUT2D eigenvalue weighted by Crippen LogP contribution is 2.28. The molecule has 2 aromatic heterocycles. The van der Waals surface area contributed by atoms with Gasteiger partial charge < -0.3 is 4.90 Å². The summed E-state index contributed by atoms with van der Waals surface area (Å²) in [6.45, 7) is 4.27. The molecule has 3 heterocycles. The van der Waals surface area contributed by atoms with E-state index in [4.69, 9.17) is 0 Å². The molecule has 0 N–H and O–H groups in total. The monoisotopic (exact) mass is 256 g/mol. The summed E-state index contributed by atoms with van der Waals surface area (Å²) in [5.74, 6) is 1.68. The zero-order valence-electron chi connectivity index (χ0n) is 11.6. The molecule has 0 aromatic carbocycles. The molecular formula is C15H20N4. The molecule has 0 radical (unpaired) electrons. The van der Waals surface area contributed by atoms with Crippen LogP contribution >= 0.6 is 0 Å². The van der Waals surface area contributed by atoms with Gasteiger partial charge in [-0.15, -0.1) is 0 Å². The van der Waals surface area contributed by atoms with Gasteiger partial charge in [0.05, 0.1) is 6.20 Å². The van der Waals surface area contributed by atoms with Gasteiger partial charge in [-0.05, 0) is 43.0 Å². The van der Waals surface area contributed by atoms with Gasteiger partial charge in [-0.25, -0.2) is 4.98 Å². The summed E-state index contributed by atoms with van der Waals surface area (Å²) in [5.41, 5.74) is 2.62. The minimum Gasteiger partial charge on any atom is -0.356 e. The Hall–Kier alpha value is -1.84. The molecule has 0 bridgehead atoms. The van der Waals surface area contributed by atoms with Crippen LogP contribution in [-0.2, 0) is 7.05 Å². The van der Waals surface area contributed by atoms with E-state index in [9.17, 15) is 0 Å². The summed E-state index contributed by atoms with van der Waals surface area (Å²) in [5, 5.41) is 4.29. The fraction of sp³-hybridized carbons (Fsp3) is 0.467. The molecule has 19 heavy (non-hydrogen) atoms. The molecule has 0 saturated carbocycles. The lowest BCUT2D eigenvalue weighted by Crippen LogP contribution is -2.34.